The van der Waals surface area contributed by atoms with Crippen molar-refractivity contribution in [1.29, 1.82) is 0 Å². The Bertz CT molecular complexity index is 1020. The fourth-order valence-electron chi connectivity index (χ4n) is 5.78. The molecule has 0 saturated heterocycles. The van der Waals surface area contributed by atoms with E-state index in [0.29, 0.717) is 38.3 Å². The van der Waals surface area contributed by atoms with Crippen molar-refractivity contribution < 1.29 is 24.6 Å². The number of hydrogen-bond donors (Lipinski definition) is 5. The molecule has 1 aliphatic carbocycles. The average molecular weight is 599 g/mol. The third kappa shape index (κ3) is 13.1. The number of nitrogens with zero attached hydrogens (tertiary/aromatic N) is 1. The molecule has 1 aromatic rings. The van der Waals surface area contributed by atoms with Crippen LogP contribution in [-0.4, -0.2) is 84.3 Å². The van der Waals surface area contributed by atoms with E-state index in [4.69, 9.17) is 6.42 Å². The summed E-state index contributed by atoms with van der Waals surface area (Å²) in [5.74, 6) is 1.18. The van der Waals surface area contributed by atoms with E-state index in [-0.39, 0.29) is 24.7 Å². The average Bonchev–Trinajstić information content (AvgIpc) is 2.99. The number of rotatable bonds is 18. The normalized spacial score (nSPS) is 17.3. The lowest BCUT2D eigenvalue weighted by molar-refractivity contribution is -0.136. The number of carbonyl (C=O) groups is 3. The Morgan fingerprint density at radius 2 is 1.72 bits per heavy atom. The van der Waals surface area contributed by atoms with E-state index in [9.17, 15) is 24.6 Å². The number of carbonyl (C=O) groups excluding carboxylic acids is 3. The molecule has 1 aromatic carbocycles. The standard InChI is InChI=1S/C34H54N4O5/c1-6-13-28(34(43)37-29(22-26-16-11-8-12-17-26)32(41)30(39)20-24(2)3)36-33(42)27(21-25-14-9-7-10-15-25)23-31(40)38(5)19-18-35-4/h1,7,9-10,14-15,24,26-30,32,35,39,41H,8,11-13,16-23H2,2-5H3,(H,36,42)(H,37,43)/t27-,28+,29+,30+,32-/m1/s1. The van der Waals surface area contributed by atoms with Crippen molar-refractivity contribution in [3.8, 4) is 12.3 Å². The van der Waals surface area contributed by atoms with Gasteiger partial charge in [0.25, 0.3) is 0 Å². The van der Waals surface area contributed by atoms with Crippen molar-refractivity contribution in [1.82, 2.24) is 20.9 Å². The first kappa shape index (κ1) is 36.3. The molecule has 5 N–H and O–H groups in total. The van der Waals surface area contributed by atoms with Gasteiger partial charge in [0.05, 0.1) is 18.1 Å². The summed E-state index contributed by atoms with van der Waals surface area (Å²) in [5.41, 5.74) is 0.904. The van der Waals surface area contributed by atoms with Crippen molar-refractivity contribution in [2.24, 2.45) is 17.8 Å². The molecule has 0 aromatic heterocycles. The number of terminal acetylenes is 1. The van der Waals surface area contributed by atoms with E-state index in [1.165, 1.54) is 6.42 Å². The Balaban J connectivity index is 2.21. The Labute approximate surface area is 258 Å². The van der Waals surface area contributed by atoms with Crippen LogP contribution in [0.3, 0.4) is 0 Å². The summed E-state index contributed by atoms with van der Waals surface area (Å²) in [7, 11) is 3.52. The molecule has 0 aliphatic heterocycles. The molecule has 0 bridgehead atoms. The van der Waals surface area contributed by atoms with Gasteiger partial charge in [0.15, 0.2) is 0 Å². The van der Waals surface area contributed by atoms with Crippen LogP contribution in [0.2, 0.25) is 0 Å². The quantitative estimate of drug-likeness (QED) is 0.165. The second-order valence-electron chi connectivity index (χ2n) is 12.5. The minimum atomic E-state index is -1.15. The van der Waals surface area contributed by atoms with Gasteiger partial charge in [-0.3, -0.25) is 14.4 Å². The number of aliphatic hydroxyl groups excluding tert-OH is 2. The van der Waals surface area contributed by atoms with Crippen molar-refractivity contribution in [3.63, 3.8) is 0 Å². The maximum atomic E-state index is 13.6. The van der Waals surface area contributed by atoms with Gasteiger partial charge in [-0.1, -0.05) is 76.3 Å². The molecule has 43 heavy (non-hydrogen) atoms. The van der Waals surface area contributed by atoms with Gasteiger partial charge >= 0.3 is 0 Å². The van der Waals surface area contributed by atoms with Crippen LogP contribution in [0.1, 0.15) is 77.2 Å². The lowest BCUT2D eigenvalue weighted by atomic mass is 9.82. The van der Waals surface area contributed by atoms with E-state index in [0.717, 1.165) is 31.2 Å². The fraction of sp³-hybridized carbons (Fsp3) is 0.676. The molecule has 2 rings (SSSR count). The number of benzene rings is 1. The van der Waals surface area contributed by atoms with Gasteiger partial charge in [0.2, 0.25) is 17.7 Å². The van der Waals surface area contributed by atoms with Gasteiger partial charge in [-0.2, -0.15) is 0 Å². The first-order valence-corrected chi connectivity index (χ1v) is 15.9. The topological polar surface area (TPSA) is 131 Å². The van der Waals surface area contributed by atoms with Gasteiger partial charge in [0, 0.05) is 33.0 Å². The molecule has 0 unspecified atom stereocenters. The molecule has 0 radical (unpaired) electrons. The van der Waals surface area contributed by atoms with Crippen LogP contribution in [-0.2, 0) is 20.8 Å². The Morgan fingerprint density at radius 3 is 2.33 bits per heavy atom. The van der Waals surface area contributed by atoms with Gasteiger partial charge in [0.1, 0.15) is 12.1 Å². The highest BCUT2D eigenvalue weighted by molar-refractivity contribution is 5.91. The van der Waals surface area contributed by atoms with Crippen LogP contribution >= 0.6 is 0 Å². The van der Waals surface area contributed by atoms with Gasteiger partial charge < -0.3 is 31.1 Å². The summed E-state index contributed by atoms with van der Waals surface area (Å²) in [5, 5.41) is 30.6. The molecule has 3 amide bonds. The number of likely N-dealkylation sites (N-methyl/N-ethyl adjacent to an activating group) is 2. The predicted octanol–water partition coefficient (Wildman–Crippen LogP) is 2.64. The molecule has 1 saturated carbocycles. The minimum Gasteiger partial charge on any atom is -0.390 e. The number of nitrogens with one attached hydrogen (secondary N) is 3. The molecular weight excluding hydrogens is 544 g/mol. The summed E-state index contributed by atoms with van der Waals surface area (Å²) in [6.07, 6.45) is 10.1. The Hall–Kier alpha value is -2.93. The summed E-state index contributed by atoms with van der Waals surface area (Å²) >= 11 is 0. The summed E-state index contributed by atoms with van der Waals surface area (Å²) in [6.45, 7) is 5.07. The first-order chi connectivity index (χ1) is 20.5. The zero-order valence-electron chi connectivity index (χ0n) is 26.6. The van der Waals surface area contributed by atoms with Crippen molar-refractivity contribution in [2.75, 3.05) is 27.2 Å². The third-order valence-corrected chi connectivity index (χ3v) is 8.35. The molecule has 1 fully saturated rings. The molecular formula is C34H54N4O5. The lowest BCUT2D eigenvalue weighted by Gasteiger charge is -2.33. The summed E-state index contributed by atoms with van der Waals surface area (Å²) in [6, 6.07) is 7.73. The largest absolute Gasteiger partial charge is 0.390 e. The second-order valence-corrected chi connectivity index (χ2v) is 12.5. The van der Waals surface area contributed by atoms with Crippen LogP contribution < -0.4 is 16.0 Å². The summed E-state index contributed by atoms with van der Waals surface area (Å²) in [4.78, 5) is 41.8. The predicted molar refractivity (Wildman–Crippen MR) is 170 cm³/mol. The zero-order valence-corrected chi connectivity index (χ0v) is 26.6. The molecule has 0 heterocycles. The number of hydrogen-bond acceptors (Lipinski definition) is 6. The SMILES string of the molecule is C#CC[C@H](NC(=O)[C@@H](CC(=O)N(C)CCNC)Cc1ccccc1)C(=O)N[C@@H](CC1CCCCC1)[C@@H](O)[C@@H](O)CC(C)C. The highest BCUT2D eigenvalue weighted by Gasteiger charge is 2.34. The van der Waals surface area contributed by atoms with E-state index < -0.39 is 42.0 Å². The van der Waals surface area contributed by atoms with Crippen molar-refractivity contribution >= 4 is 17.7 Å². The fourth-order valence-corrected chi connectivity index (χ4v) is 5.78. The van der Waals surface area contributed by atoms with E-state index in [2.05, 4.69) is 21.9 Å². The number of amides is 3. The highest BCUT2D eigenvalue weighted by atomic mass is 16.3. The number of aliphatic hydroxyl groups is 2. The first-order valence-electron chi connectivity index (χ1n) is 15.9. The molecule has 5 atom stereocenters. The molecule has 9 heteroatoms. The van der Waals surface area contributed by atoms with E-state index >= 15 is 0 Å². The van der Waals surface area contributed by atoms with E-state index in [1.54, 1.807) is 11.9 Å². The summed E-state index contributed by atoms with van der Waals surface area (Å²) < 4.78 is 0. The molecule has 9 nitrogen and oxygen atoms in total. The van der Waals surface area contributed by atoms with Crippen LogP contribution in [0.25, 0.3) is 0 Å². The zero-order chi connectivity index (χ0) is 31.8. The Kier molecular flexibility index (Phi) is 16.3. The monoisotopic (exact) mass is 598 g/mol. The maximum absolute atomic E-state index is 13.6. The maximum Gasteiger partial charge on any atom is 0.243 e. The van der Waals surface area contributed by atoms with Gasteiger partial charge in [-0.05, 0) is 43.7 Å². The molecule has 240 valence electrons. The van der Waals surface area contributed by atoms with Crippen LogP contribution in [0, 0.1) is 30.1 Å². The smallest absolute Gasteiger partial charge is 0.243 e. The van der Waals surface area contributed by atoms with Crippen LogP contribution in [0.4, 0.5) is 0 Å². The molecule has 1 aliphatic rings. The minimum absolute atomic E-state index is 0.0181. The highest BCUT2D eigenvalue weighted by Crippen LogP contribution is 2.29. The van der Waals surface area contributed by atoms with Crippen molar-refractivity contribution in [2.45, 2.75) is 102 Å². The molecule has 0 spiro atoms. The van der Waals surface area contributed by atoms with Gasteiger partial charge in [-0.15, -0.1) is 12.3 Å². The Morgan fingerprint density at radius 1 is 1.05 bits per heavy atom. The van der Waals surface area contributed by atoms with Crippen LogP contribution in [0.5, 0.6) is 0 Å². The van der Waals surface area contributed by atoms with Crippen LogP contribution in [0.15, 0.2) is 30.3 Å². The third-order valence-electron chi connectivity index (χ3n) is 8.35. The second kappa shape index (κ2) is 19.4. The lowest BCUT2D eigenvalue weighted by Crippen LogP contribution is -2.56. The van der Waals surface area contributed by atoms with E-state index in [1.807, 2.05) is 51.2 Å². The van der Waals surface area contributed by atoms with Crippen molar-refractivity contribution in [3.05, 3.63) is 35.9 Å². The van der Waals surface area contributed by atoms with Gasteiger partial charge in [-0.25, -0.2) is 0 Å².